The van der Waals surface area contributed by atoms with Crippen LogP contribution in [-0.4, -0.2) is 16.1 Å². The summed E-state index contributed by atoms with van der Waals surface area (Å²) >= 11 is 2.97. The molecule has 0 atom stereocenters. The molecule has 4 aromatic rings. The minimum Gasteiger partial charge on any atom is -0.450 e. The molecule has 1 amide bonds. The third-order valence-electron chi connectivity index (χ3n) is 4.90. The molecule has 5 nitrogen and oxygen atoms in total. The molecular weight excluding hydrogens is 402 g/mol. The maximum atomic E-state index is 12.8. The average molecular weight is 424 g/mol. The molecule has 0 radical (unpaired) electrons. The van der Waals surface area contributed by atoms with E-state index < -0.39 is 0 Å². The number of hydrogen-bond donors (Lipinski definition) is 1. The van der Waals surface area contributed by atoms with Crippen molar-refractivity contribution in [3.8, 4) is 0 Å². The first-order chi connectivity index (χ1) is 13.9. The number of nitrogens with one attached hydrogen (secondary N) is 1. The van der Waals surface area contributed by atoms with E-state index in [0.717, 1.165) is 37.8 Å². The van der Waals surface area contributed by atoms with Crippen molar-refractivity contribution in [2.45, 2.75) is 37.8 Å². The molecule has 2 aromatic carbocycles. The lowest BCUT2D eigenvalue weighted by Crippen LogP contribution is -2.11. The first-order valence-corrected chi connectivity index (χ1v) is 11.0. The minimum atomic E-state index is -0.304. The highest BCUT2D eigenvalue weighted by atomic mass is 32.2. The van der Waals surface area contributed by atoms with Crippen LogP contribution < -0.4 is 5.32 Å². The molecule has 29 heavy (non-hydrogen) atoms. The van der Waals surface area contributed by atoms with Crippen LogP contribution >= 0.6 is 23.1 Å². The van der Waals surface area contributed by atoms with Crippen LogP contribution in [0.3, 0.4) is 0 Å². The van der Waals surface area contributed by atoms with Crippen molar-refractivity contribution in [3.63, 3.8) is 0 Å². The number of amides is 1. The van der Waals surface area contributed by atoms with Crippen LogP contribution in [0.15, 0.2) is 45.2 Å². The largest absolute Gasteiger partial charge is 0.450 e. The number of aromatic nitrogens is 2. The summed E-state index contributed by atoms with van der Waals surface area (Å²) in [6.07, 6.45) is 0. The van der Waals surface area contributed by atoms with Crippen molar-refractivity contribution in [2.24, 2.45) is 0 Å². The Balaban J connectivity index is 1.47. The predicted octanol–water partition coefficient (Wildman–Crippen LogP) is 6.06. The smallest absolute Gasteiger partial charge is 0.293 e. The van der Waals surface area contributed by atoms with Gasteiger partial charge in [-0.3, -0.25) is 10.1 Å². The molecule has 0 saturated heterocycles. The fraction of sp³-hybridized carbons (Fsp3) is 0.227. The summed E-state index contributed by atoms with van der Waals surface area (Å²) in [6.45, 7) is 8.02. The van der Waals surface area contributed by atoms with Crippen LogP contribution in [0, 0.1) is 27.7 Å². The maximum absolute atomic E-state index is 12.8. The molecule has 0 bridgehead atoms. The van der Waals surface area contributed by atoms with Crippen molar-refractivity contribution in [2.75, 3.05) is 5.32 Å². The van der Waals surface area contributed by atoms with Crippen LogP contribution in [0.25, 0.3) is 11.0 Å². The fourth-order valence-corrected chi connectivity index (χ4v) is 4.84. The quantitative estimate of drug-likeness (QED) is 0.312. The second-order valence-electron chi connectivity index (χ2n) is 7.05. The number of anilines is 1. The fourth-order valence-electron chi connectivity index (χ4n) is 3.15. The second-order valence-corrected chi connectivity index (χ2v) is 9.25. The molecule has 0 fully saturated rings. The standard InChI is InChI=1S/C22H21N3O2S2/c1-12-6-5-7-16(10-12)11-28-22-25-24-21(29-22)23-20(26)19-15(4)17-9-8-13(2)14(3)18(17)27-19/h5-10H,11H2,1-4H3,(H,23,24,26). The lowest BCUT2D eigenvalue weighted by Gasteiger charge is -2.00. The van der Waals surface area contributed by atoms with Gasteiger partial charge >= 0.3 is 0 Å². The molecule has 0 aliphatic carbocycles. The zero-order chi connectivity index (χ0) is 20.5. The number of rotatable bonds is 5. The summed E-state index contributed by atoms with van der Waals surface area (Å²) in [5.41, 5.74) is 6.26. The van der Waals surface area contributed by atoms with Gasteiger partial charge in [0.15, 0.2) is 10.1 Å². The number of benzene rings is 2. The second kappa shape index (κ2) is 8.00. The Bertz CT molecular complexity index is 1210. The van der Waals surface area contributed by atoms with Gasteiger partial charge in [0.25, 0.3) is 5.91 Å². The van der Waals surface area contributed by atoms with Crippen LogP contribution in [0.2, 0.25) is 0 Å². The number of furan rings is 1. The van der Waals surface area contributed by atoms with Crippen molar-refractivity contribution >= 4 is 45.1 Å². The monoisotopic (exact) mass is 423 g/mol. The van der Waals surface area contributed by atoms with Gasteiger partial charge in [-0.25, -0.2) is 0 Å². The first-order valence-electron chi connectivity index (χ1n) is 9.25. The minimum absolute atomic E-state index is 0.304. The molecule has 0 saturated carbocycles. The molecule has 0 unspecified atom stereocenters. The number of carbonyl (C=O) groups excluding carboxylic acids is 1. The molecular formula is C22H21N3O2S2. The topological polar surface area (TPSA) is 68.0 Å². The van der Waals surface area contributed by atoms with E-state index in [2.05, 4.69) is 46.7 Å². The summed E-state index contributed by atoms with van der Waals surface area (Å²) in [4.78, 5) is 12.8. The van der Waals surface area contributed by atoms with E-state index >= 15 is 0 Å². The van der Waals surface area contributed by atoms with Gasteiger partial charge in [-0.05, 0) is 44.4 Å². The van der Waals surface area contributed by atoms with E-state index in [1.165, 1.54) is 22.5 Å². The molecule has 0 aliphatic rings. The van der Waals surface area contributed by atoms with E-state index in [-0.39, 0.29) is 5.91 Å². The van der Waals surface area contributed by atoms with E-state index in [9.17, 15) is 4.79 Å². The molecule has 0 spiro atoms. The molecule has 0 aliphatic heterocycles. The van der Waals surface area contributed by atoms with E-state index in [1.54, 1.807) is 11.8 Å². The Labute approximate surface area is 177 Å². The highest BCUT2D eigenvalue weighted by Gasteiger charge is 2.20. The normalized spacial score (nSPS) is 11.2. The number of thioether (sulfide) groups is 1. The third-order valence-corrected chi connectivity index (χ3v) is 6.95. The zero-order valence-electron chi connectivity index (χ0n) is 16.7. The van der Waals surface area contributed by atoms with Gasteiger partial charge < -0.3 is 4.42 Å². The summed E-state index contributed by atoms with van der Waals surface area (Å²) < 4.78 is 6.72. The molecule has 148 valence electrons. The van der Waals surface area contributed by atoms with Gasteiger partial charge in [0.1, 0.15) is 5.58 Å². The van der Waals surface area contributed by atoms with Gasteiger partial charge in [-0.2, -0.15) is 0 Å². The Morgan fingerprint density at radius 2 is 1.93 bits per heavy atom. The highest BCUT2D eigenvalue weighted by Crippen LogP contribution is 2.31. The number of nitrogens with zero attached hydrogens (tertiary/aromatic N) is 2. The van der Waals surface area contributed by atoms with Crippen molar-refractivity contribution in [1.82, 2.24) is 10.2 Å². The molecule has 2 aromatic heterocycles. The Morgan fingerprint density at radius 3 is 2.72 bits per heavy atom. The lowest BCUT2D eigenvalue weighted by atomic mass is 10.0. The van der Waals surface area contributed by atoms with E-state index in [4.69, 9.17) is 4.42 Å². The summed E-state index contributed by atoms with van der Waals surface area (Å²) in [5.74, 6) is 0.825. The molecule has 7 heteroatoms. The SMILES string of the molecule is Cc1cccc(CSc2nnc(NC(=O)c3oc4c(C)c(C)ccc4c3C)s2)c1. The van der Waals surface area contributed by atoms with Crippen LogP contribution in [0.5, 0.6) is 0 Å². The van der Waals surface area contributed by atoms with Crippen LogP contribution in [0.1, 0.15) is 38.4 Å². The average Bonchev–Trinajstić information content (AvgIpc) is 3.28. The number of carbonyl (C=O) groups is 1. The third kappa shape index (κ3) is 4.06. The van der Waals surface area contributed by atoms with Gasteiger partial charge in [0, 0.05) is 16.7 Å². The molecule has 1 N–H and O–H groups in total. The first kappa shape index (κ1) is 19.7. The van der Waals surface area contributed by atoms with E-state index in [0.29, 0.717) is 10.9 Å². The van der Waals surface area contributed by atoms with Gasteiger partial charge in [0.2, 0.25) is 5.13 Å². The van der Waals surface area contributed by atoms with Crippen molar-refractivity contribution in [3.05, 3.63) is 70.0 Å². The number of hydrogen-bond acceptors (Lipinski definition) is 6. The van der Waals surface area contributed by atoms with Crippen LogP contribution in [0.4, 0.5) is 5.13 Å². The van der Waals surface area contributed by atoms with Gasteiger partial charge in [0.05, 0.1) is 0 Å². The lowest BCUT2D eigenvalue weighted by molar-refractivity contribution is 0.0998. The van der Waals surface area contributed by atoms with E-state index in [1.807, 2.05) is 32.9 Å². The zero-order valence-corrected chi connectivity index (χ0v) is 18.3. The Morgan fingerprint density at radius 1 is 1.10 bits per heavy atom. The summed E-state index contributed by atoms with van der Waals surface area (Å²) in [6, 6.07) is 12.4. The molecule has 4 rings (SSSR count). The van der Waals surface area contributed by atoms with Crippen molar-refractivity contribution < 1.29 is 9.21 Å². The summed E-state index contributed by atoms with van der Waals surface area (Å²) in [5, 5.41) is 12.5. The van der Waals surface area contributed by atoms with Crippen molar-refractivity contribution in [1.29, 1.82) is 0 Å². The van der Waals surface area contributed by atoms with Gasteiger partial charge in [-0.1, -0.05) is 65.1 Å². The highest BCUT2D eigenvalue weighted by molar-refractivity contribution is 8.00. The Kier molecular flexibility index (Phi) is 5.43. The maximum Gasteiger partial charge on any atom is 0.293 e. The number of aryl methyl sites for hydroxylation is 4. The predicted molar refractivity (Wildman–Crippen MR) is 119 cm³/mol. The summed E-state index contributed by atoms with van der Waals surface area (Å²) in [7, 11) is 0. The Hall–Kier alpha value is -2.64. The molecule has 2 heterocycles. The van der Waals surface area contributed by atoms with Gasteiger partial charge in [-0.15, -0.1) is 10.2 Å². The van der Waals surface area contributed by atoms with Crippen LogP contribution in [-0.2, 0) is 5.75 Å². The number of fused-ring (bicyclic) bond motifs is 1.